The number of nitrogen functional groups attached to an aromatic ring is 1. The molecule has 21 heavy (non-hydrogen) atoms. The van der Waals surface area contributed by atoms with E-state index in [-0.39, 0.29) is 11.4 Å². The van der Waals surface area contributed by atoms with Crippen LogP contribution in [0.2, 0.25) is 0 Å². The molecule has 0 unspecified atom stereocenters. The Kier molecular flexibility index (Phi) is 5.00. The molecule has 4 nitrogen and oxygen atoms in total. The van der Waals surface area contributed by atoms with Crippen molar-refractivity contribution in [1.82, 2.24) is 9.88 Å². The largest absolute Gasteiger partial charge is 0.384 e. The predicted molar refractivity (Wildman–Crippen MR) is 81.4 cm³/mol. The summed E-state index contributed by atoms with van der Waals surface area (Å²) in [6.45, 7) is 3.91. The Morgan fingerprint density at radius 2 is 2.05 bits per heavy atom. The average Bonchev–Trinajstić information content (AvgIpc) is 2.49. The van der Waals surface area contributed by atoms with Crippen molar-refractivity contribution in [2.75, 3.05) is 6.54 Å². The zero-order chi connectivity index (χ0) is 15.2. The Balaban J connectivity index is 2.15. The molecule has 0 spiro atoms. The minimum atomic E-state index is -0.413. The van der Waals surface area contributed by atoms with Crippen LogP contribution in [0.5, 0.6) is 0 Å². The van der Waals surface area contributed by atoms with E-state index < -0.39 is 5.82 Å². The summed E-state index contributed by atoms with van der Waals surface area (Å²) >= 11 is 0. The van der Waals surface area contributed by atoms with E-state index in [9.17, 15) is 4.39 Å². The van der Waals surface area contributed by atoms with Crippen LogP contribution in [0.1, 0.15) is 23.7 Å². The van der Waals surface area contributed by atoms with Crippen molar-refractivity contribution in [3.05, 3.63) is 65.2 Å². The average molecular weight is 286 g/mol. The summed E-state index contributed by atoms with van der Waals surface area (Å²) in [4.78, 5) is 6.37. The SMILES string of the molecule is CCN(Cc1ccccn1)Cc1cccc(C(=N)N)c1F. The van der Waals surface area contributed by atoms with E-state index in [4.69, 9.17) is 11.1 Å². The monoisotopic (exact) mass is 286 g/mol. The van der Waals surface area contributed by atoms with Gasteiger partial charge in [0, 0.05) is 24.8 Å². The molecule has 0 fully saturated rings. The fourth-order valence-corrected chi connectivity index (χ4v) is 2.15. The first-order valence-corrected chi connectivity index (χ1v) is 6.86. The summed E-state index contributed by atoms with van der Waals surface area (Å²) in [7, 11) is 0. The number of amidine groups is 1. The first-order chi connectivity index (χ1) is 10.1. The van der Waals surface area contributed by atoms with E-state index in [0.717, 1.165) is 12.2 Å². The van der Waals surface area contributed by atoms with Crippen molar-refractivity contribution in [2.24, 2.45) is 5.73 Å². The second kappa shape index (κ2) is 6.95. The van der Waals surface area contributed by atoms with Crippen molar-refractivity contribution in [3.8, 4) is 0 Å². The summed E-state index contributed by atoms with van der Waals surface area (Å²) in [6.07, 6.45) is 1.75. The quantitative estimate of drug-likeness (QED) is 0.633. The maximum atomic E-state index is 14.3. The van der Waals surface area contributed by atoms with Gasteiger partial charge < -0.3 is 5.73 Å². The maximum Gasteiger partial charge on any atom is 0.138 e. The van der Waals surface area contributed by atoms with Gasteiger partial charge in [-0.1, -0.05) is 25.1 Å². The Bertz CT molecular complexity index is 613. The molecule has 0 atom stereocenters. The molecule has 110 valence electrons. The zero-order valence-corrected chi connectivity index (χ0v) is 12.0. The summed E-state index contributed by atoms with van der Waals surface area (Å²) in [5.41, 5.74) is 7.03. The van der Waals surface area contributed by atoms with Gasteiger partial charge in [-0.25, -0.2) is 4.39 Å². The molecule has 1 heterocycles. The highest BCUT2D eigenvalue weighted by Crippen LogP contribution is 2.15. The van der Waals surface area contributed by atoms with Crippen molar-refractivity contribution >= 4 is 5.84 Å². The van der Waals surface area contributed by atoms with Gasteiger partial charge in [0.25, 0.3) is 0 Å². The lowest BCUT2D eigenvalue weighted by Crippen LogP contribution is -2.24. The smallest absolute Gasteiger partial charge is 0.138 e. The van der Waals surface area contributed by atoms with E-state index in [0.29, 0.717) is 18.7 Å². The van der Waals surface area contributed by atoms with Crippen molar-refractivity contribution in [3.63, 3.8) is 0 Å². The minimum absolute atomic E-state index is 0.154. The minimum Gasteiger partial charge on any atom is -0.384 e. The number of benzene rings is 1. The number of pyridine rings is 1. The third-order valence-corrected chi connectivity index (χ3v) is 3.32. The zero-order valence-electron chi connectivity index (χ0n) is 12.0. The molecule has 0 saturated heterocycles. The normalized spacial score (nSPS) is 10.8. The number of nitrogens with two attached hydrogens (primary N) is 1. The van der Waals surface area contributed by atoms with Crippen LogP contribution in [0.15, 0.2) is 42.6 Å². The van der Waals surface area contributed by atoms with Gasteiger partial charge in [-0.05, 0) is 24.7 Å². The van der Waals surface area contributed by atoms with Gasteiger partial charge >= 0.3 is 0 Å². The van der Waals surface area contributed by atoms with E-state index in [2.05, 4.69) is 9.88 Å². The molecule has 3 N–H and O–H groups in total. The van der Waals surface area contributed by atoms with Crippen LogP contribution in [0.3, 0.4) is 0 Å². The number of hydrogen-bond donors (Lipinski definition) is 2. The molecule has 2 aromatic rings. The molecule has 5 heteroatoms. The van der Waals surface area contributed by atoms with Crippen LogP contribution in [0.4, 0.5) is 4.39 Å². The first-order valence-electron chi connectivity index (χ1n) is 6.86. The van der Waals surface area contributed by atoms with Gasteiger partial charge in [0.15, 0.2) is 0 Å². The Labute approximate surface area is 123 Å². The number of hydrogen-bond acceptors (Lipinski definition) is 3. The molecular formula is C16H19FN4. The number of nitrogens with zero attached hydrogens (tertiary/aromatic N) is 2. The van der Waals surface area contributed by atoms with E-state index >= 15 is 0 Å². The molecule has 1 aromatic carbocycles. The van der Waals surface area contributed by atoms with Crippen molar-refractivity contribution in [2.45, 2.75) is 20.0 Å². The second-order valence-electron chi connectivity index (χ2n) is 4.82. The second-order valence-corrected chi connectivity index (χ2v) is 4.82. The third-order valence-electron chi connectivity index (χ3n) is 3.32. The van der Waals surface area contributed by atoms with Crippen LogP contribution >= 0.6 is 0 Å². The molecule has 0 bridgehead atoms. The van der Waals surface area contributed by atoms with E-state index in [1.807, 2.05) is 25.1 Å². The van der Waals surface area contributed by atoms with Crippen LogP contribution in [-0.4, -0.2) is 22.3 Å². The van der Waals surface area contributed by atoms with E-state index in [1.54, 1.807) is 18.3 Å². The van der Waals surface area contributed by atoms with Gasteiger partial charge in [-0.2, -0.15) is 0 Å². The molecule has 0 aliphatic rings. The van der Waals surface area contributed by atoms with Crippen molar-refractivity contribution in [1.29, 1.82) is 5.41 Å². The van der Waals surface area contributed by atoms with E-state index in [1.165, 1.54) is 6.07 Å². The maximum absolute atomic E-state index is 14.3. The summed E-state index contributed by atoms with van der Waals surface area (Å²) in [5.74, 6) is -0.661. The highest BCUT2D eigenvalue weighted by atomic mass is 19.1. The van der Waals surface area contributed by atoms with Crippen LogP contribution in [0.25, 0.3) is 0 Å². The van der Waals surface area contributed by atoms with Gasteiger partial charge in [0.2, 0.25) is 0 Å². The lowest BCUT2D eigenvalue weighted by atomic mass is 10.1. The Morgan fingerprint density at radius 1 is 1.24 bits per heavy atom. The summed E-state index contributed by atoms with van der Waals surface area (Å²) < 4.78 is 14.3. The highest BCUT2D eigenvalue weighted by molar-refractivity contribution is 5.95. The van der Waals surface area contributed by atoms with Gasteiger partial charge in [0.05, 0.1) is 11.3 Å². The lowest BCUT2D eigenvalue weighted by molar-refractivity contribution is 0.264. The number of rotatable bonds is 6. The molecular weight excluding hydrogens is 267 g/mol. The molecule has 0 aliphatic heterocycles. The molecule has 0 amide bonds. The Morgan fingerprint density at radius 3 is 2.67 bits per heavy atom. The molecule has 2 rings (SSSR count). The fraction of sp³-hybridized carbons (Fsp3) is 0.250. The van der Waals surface area contributed by atoms with Gasteiger partial charge in [-0.15, -0.1) is 0 Å². The number of halogens is 1. The first kappa shape index (κ1) is 15.1. The van der Waals surface area contributed by atoms with Gasteiger partial charge in [0.1, 0.15) is 11.7 Å². The number of nitrogens with one attached hydrogen (secondary N) is 1. The Hall–Kier alpha value is -2.27. The molecule has 0 radical (unpaired) electrons. The molecule has 0 saturated carbocycles. The van der Waals surface area contributed by atoms with Gasteiger partial charge in [-0.3, -0.25) is 15.3 Å². The lowest BCUT2D eigenvalue weighted by Gasteiger charge is -2.20. The predicted octanol–water partition coefficient (Wildman–Crippen LogP) is 2.53. The topological polar surface area (TPSA) is 66.0 Å². The molecule has 1 aromatic heterocycles. The fourth-order valence-electron chi connectivity index (χ4n) is 2.15. The molecule has 0 aliphatic carbocycles. The van der Waals surface area contributed by atoms with Crippen LogP contribution in [0, 0.1) is 11.2 Å². The van der Waals surface area contributed by atoms with Crippen LogP contribution in [-0.2, 0) is 13.1 Å². The third kappa shape index (κ3) is 3.86. The standard InChI is InChI=1S/C16H19FN4/c1-2-21(11-13-7-3-4-9-20-13)10-12-6-5-8-14(15(12)17)16(18)19/h3-9H,2,10-11H2,1H3,(H3,18,19). The van der Waals surface area contributed by atoms with Crippen molar-refractivity contribution < 1.29 is 4.39 Å². The highest BCUT2D eigenvalue weighted by Gasteiger charge is 2.13. The van der Waals surface area contributed by atoms with Crippen LogP contribution < -0.4 is 5.73 Å². The summed E-state index contributed by atoms with van der Waals surface area (Å²) in [5, 5.41) is 7.39. The summed E-state index contributed by atoms with van der Waals surface area (Å²) in [6, 6.07) is 10.7. The number of aromatic nitrogens is 1.